The van der Waals surface area contributed by atoms with Crippen LogP contribution in [0, 0.1) is 0 Å². The molecule has 0 saturated carbocycles. The summed E-state index contributed by atoms with van der Waals surface area (Å²) >= 11 is 0. The first-order valence-corrected chi connectivity index (χ1v) is 13.6. The number of nitrogens with zero attached hydrogens (tertiary/aromatic N) is 1. The minimum absolute atomic E-state index is 0.0895. The summed E-state index contributed by atoms with van der Waals surface area (Å²) in [4.78, 5) is 33.4. The first-order valence-electron chi connectivity index (χ1n) is 12.0. The van der Waals surface area contributed by atoms with Crippen LogP contribution in [0.1, 0.15) is 110 Å². The lowest BCUT2D eigenvalue weighted by Gasteiger charge is -2.28. The molecule has 0 bridgehead atoms. The molecule has 0 aromatic rings. The highest BCUT2D eigenvalue weighted by atomic mass is 31.2. The smallest absolute Gasteiger partial charge is 0.390 e. The zero-order valence-electron chi connectivity index (χ0n) is 20.2. The van der Waals surface area contributed by atoms with Crippen molar-refractivity contribution in [2.45, 2.75) is 110 Å². The Balaban J connectivity index is 0. The van der Waals surface area contributed by atoms with Crippen LogP contribution >= 0.6 is 7.82 Å². The SMILES string of the molecule is CCCCCCCCCCCCCCCCCC(=O)N[N+](C)(C)CCO.O=P(O)(O)O. The number of nitrogens with one attached hydrogen (secondary N) is 1. The van der Waals surface area contributed by atoms with E-state index in [1.807, 2.05) is 14.1 Å². The van der Waals surface area contributed by atoms with Crippen LogP contribution in [0.2, 0.25) is 0 Å². The Morgan fingerprint density at radius 3 is 1.39 bits per heavy atom. The molecular formula is C22H50N2O6P+. The minimum atomic E-state index is -4.64. The normalized spacial score (nSPS) is 11.7. The Morgan fingerprint density at radius 2 is 1.06 bits per heavy atom. The Bertz CT molecular complexity index is 449. The van der Waals surface area contributed by atoms with Gasteiger partial charge in [-0.25, -0.2) is 14.6 Å². The number of likely N-dealkylation sites (N-methyl/N-ethyl adjacent to an activating group) is 1. The van der Waals surface area contributed by atoms with Gasteiger partial charge in [0.1, 0.15) is 6.54 Å². The first kappa shape index (κ1) is 32.7. The second-order valence-corrected chi connectivity index (χ2v) is 9.91. The summed E-state index contributed by atoms with van der Waals surface area (Å²) in [6.07, 6.45) is 20.7. The average Bonchev–Trinajstić information content (AvgIpc) is 2.63. The van der Waals surface area contributed by atoms with Gasteiger partial charge < -0.3 is 19.8 Å². The number of carbonyl (C=O) groups excluding carboxylic acids is 1. The number of phosphoric acid groups is 1. The molecule has 0 aromatic heterocycles. The molecular weight excluding hydrogens is 419 g/mol. The fraction of sp³-hybridized carbons (Fsp3) is 0.955. The minimum Gasteiger partial charge on any atom is -0.390 e. The van der Waals surface area contributed by atoms with E-state index in [1.54, 1.807) is 0 Å². The van der Waals surface area contributed by atoms with Gasteiger partial charge in [-0.1, -0.05) is 96.8 Å². The van der Waals surface area contributed by atoms with Crippen LogP contribution in [0.25, 0.3) is 0 Å². The lowest BCUT2D eigenvalue weighted by Crippen LogP contribution is -2.55. The van der Waals surface area contributed by atoms with Gasteiger partial charge >= 0.3 is 7.82 Å². The second-order valence-electron chi connectivity index (χ2n) is 8.88. The monoisotopic (exact) mass is 469 g/mol. The molecule has 0 aliphatic rings. The van der Waals surface area contributed by atoms with Crippen LogP contribution in [0.3, 0.4) is 0 Å². The van der Waals surface area contributed by atoms with Crippen LogP contribution in [0.4, 0.5) is 0 Å². The molecule has 8 nitrogen and oxygen atoms in total. The molecule has 0 atom stereocenters. The number of hydrogen-bond donors (Lipinski definition) is 5. The average molecular weight is 470 g/mol. The van der Waals surface area contributed by atoms with Gasteiger partial charge in [0, 0.05) is 6.42 Å². The number of unbranched alkanes of at least 4 members (excludes halogenated alkanes) is 14. The summed E-state index contributed by atoms with van der Waals surface area (Å²) in [5.74, 6) is 0.0955. The Morgan fingerprint density at radius 1 is 0.742 bits per heavy atom. The van der Waals surface area contributed by atoms with Crippen LogP contribution in [-0.4, -0.2) is 57.5 Å². The Hall–Kier alpha value is -0.500. The molecule has 31 heavy (non-hydrogen) atoms. The Kier molecular flexibility index (Phi) is 22.5. The first-order chi connectivity index (χ1) is 14.5. The standard InChI is InChI=1S/C22H46N2O2.H3O4P/c1-4-5-6-7-8-9-10-11-12-13-14-15-16-17-18-19-22(26)23-24(2,3)20-21-25;1-5(2,3)4/h25H,4-21H2,1-3H3;(H3,1,2,3,4)/p+1. The maximum atomic E-state index is 11.9. The molecule has 0 aliphatic heterocycles. The lowest BCUT2D eigenvalue weighted by molar-refractivity contribution is -0.925. The molecule has 0 aliphatic carbocycles. The summed E-state index contributed by atoms with van der Waals surface area (Å²) in [5.41, 5.74) is 2.95. The molecule has 1 amide bonds. The molecule has 0 aromatic carbocycles. The number of amides is 1. The molecule has 0 saturated heterocycles. The summed E-state index contributed by atoms with van der Waals surface area (Å²) in [6, 6.07) is 0. The van der Waals surface area contributed by atoms with Crippen molar-refractivity contribution >= 4 is 13.7 Å². The summed E-state index contributed by atoms with van der Waals surface area (Å²) in [5, 5.41) is 8.96. The maximum Gasteiger partial charge on any atom is 0.466 e. The van der Waals surface area contributed by atoms with Gasteiger partial charge in [-0.2, -0.15) is 0 Å². The van der Waals surface area contributed by atoms with Crippen LogP contribution < -0.4 is 5.43 Å². The van der Waals surface area contributed by atoms with E-state index in [9.17, 15) is 4.79 Å². The second kappa shape index (κ2) is 21.4. The van der Waals surface area contributed by atoms with Crippen molar-refractivity contribution in [1.29, 1.82) is 0 Å². The van der Waals surface area contributed by atoms with Gasteiger partial charge in [-0.15, -0.1) is 0 Å². The number of rotatable bonds is 19. The van der Waals surface area contributed by atoms with Crippen molar-refractivity contribution in [1.82, 2.24) is 5.43 Å². The number of carbonyl (C=O) groups is 1. The number of quaternary nitrogens is 1. The highest BCUT2D eigenvalue weighted by Crippen LogP contribution is 2.25. The van der Waals surface area contributed by atoms with E-state index in [2.05, 4.69) is 12.3 Å². The highest BCUT2D eigenvalue weighted by Gasteiger charge is 2.17. The van der Waals surface area contributed by atoms with E-state index in [4.69, 9.17) is 24.4 Å². The van der Waals surface area contributed by atoms with E-state index in [-0.39, 0.29) is 12.5 Å². The summed E-state index contributed by atoms with van der Waals surface area (Å²) in [6.45, 7) is 2.91. The van der Waals surface area contributed by atoms with Gasteiger partial charge in [0.25, 0.3) is 5.91 Å². The van der Waals surface area contributed by atoms with Gasteiger partial charge in [-0.05, 0) is 6.42 Å². The number of aliphatic hydroxyl groups is 1. The summed E-state index contributed by atoms with van der Waals surface area (Å²) in [7, 11) is -0.832. The van der Waals surface area contributed by atoms with Crippen molar-refractivity contribution in [2.24, 2.45) is 0 Å². The third-order valence-corrected chi connectivity index (χ3v) is 5.09. The third kappa shape index (κ3) is 34.3. The lowest BCUT2D eigenvalue weighted by atomic mass is 10.0. The Labute approximate surface area is 190 Å². The van der Waals surface area contributed by atoms with Crippen molar-refractivity contribution in [3.63, 3.8) is 0 Å². The maximum absolute atomic E-state index is 11.9. The van der Waals surface area contributed by atoms with E-state index in [0.717, 1.165) is 12.8 Å². The van der Waals surface area contributed by atoms with Crippen LogP contribution in [0.5, 0.6) is 0 Å². The van der Waals surface area contributed by atoms with E-state index >= 15 is 0 Å². The van der Waals surface area contributed by atoms with Gasteiger partial charge in [0.05, 0.1) is 20.7 Å². The molecule has 0 fully saturated rings. The van der Waals surface area contributed by atoms with Gasteiger partial charge in [-0.3, -0.25) is 4.79 Å². The largest absolute Gasteiger partial charge is 0.466 e. The zero-order valence-corrected chi connectivity index (χ0v) is 21.1. The molecule has 0 spiro atoms. The number of aliphatic hydroxyl groups excluding tert-OH is 1. The zero-order chi connectivity index (χ0) is 24.0. The van der Waals surface area contributed by atoms with Crippen LogP contribution in [0.15, 0.2) is 0 Å². The van der Waals surface area contributed by atoms with Crippen molar-refractivity contribution in [3.8, 4) is 0 Å². The molecule has 188 valence electrons. The van der Waals surface area contributed by atoms with Crippen molar-refractivity contribution in [2.75, 3.05) is 27.2 Å². The quantitative estimate of drug-likeness (QED) is 0.0825. The molecule has 0 unspecified atom stereocenters. The van der Waals surface area contributed by atoms with Gasteiger partial charge in [0.2, 0.25) is 0 Å². The summed E-state index contributed by atoms with van der Waals surface area (Å²) < 4.78 is 9.24. The molecule has 0 heterocycles. The highest BCUT2D eigenvalue weighted by molar-refractivity contribution is 7.45. The van der Waals surface area contributed by atoms with Gasteiger partial charge in [0.15, 0.2) is 0 Å². The topological polar surface area (TPSA) is 127 Å². The fourth-order valence-electron chi connectivity index (χ4n) is 3.36. The van der Waals surface area contributed by atoms with E-state index in [0.29, 0.717) is 17.6 Å². The predicted molar refractivity (Wildman–Crippen MR) is 126 cm³/mol. The van der Waals surface area contributed by atoms with E-state index < -0.39 is 7.82 Å². The number of hydrogen-bond acceptors (Lipinski definition) is 3. The van der Waals surface area contributed by atoms with Crippen molar-refractivity contribution < 1.29 is 33.7 Å². The van der Waals surface area contributed by atoms with E-state index in [1.165, 1.54) is 83.5 Å². The fourth-order valence-corrected chi connectivity index (χ4v) is 3.36. The third-order valence-electron chi connectivity index (χ3n) is 5.09. The van der Waals surface area contributed by atoms with Crippen LogP contribution in [-0.2, 0) is 9.36 Å². The molecule has 9 heteroatoms. The molecule has 5 N–H and O–H groups in total. The predicted octanol–water partition coefficient (Wildman–Crippen LogP) is 4.42. The van der Waals surface area contributed by atoms with Crippen molar-refractivity contribution in [3.05, 3.63) is 0 Å². The molecule has 0 radical (unpaired) electrons. The molecule has 0 rings (SSSR count).